The smallest absolute Gasteiger partial charge is 0.303 e. The number of carbonyl (C=O) groups is 1. The molecule has 0 bridgehead atoms. The van der Waals surface area contributed by atoms with E-state index in [1.165, 1.54) is 25.7 Å². The van der Waals surface area contributed by atoms with Crippen molar-refractivity contribution in [2.24, 2.45) is 17.3 Å². The number of ether oxygens (including phenoxy) is 4. The Hall–Kier alpha value is -1.28. The Morgan fingerprint density at radius 1 is 1.05 bits per heavy atom. The van der Waals surface area contributed by atoms with Crippen LogP contribution in [-0.2, 0) is 23.7 Å². The van der Waals surface area contributed by atoms with E-state index in [9.17, 15) is 4.79 Å². The van der Waals surface area contributed by atoms with Crippen LogP contribution in [0.1, 0.15) is 116 Å². The molecule has 4 rings (SSSR count). The molecular formula is C33H53FO6. The molecule has 0 spiro atoms. The molecule has 4 fully saturated rings. The summed E-state index contributed by atoms with van der Waals surface area (Å²) in [5.74, 6) is -0.961. The van der Waals surface area contributed by atoms with E-state index in [0.29, 0.717) is 32.3 Å². The lowest BCUT2D eigenvalue weighted by atomic mass is 9.62. The molecule has 4 aliphatic rings. The number of allylic oxidation sites excluding steroid dienone is 2. The van der Waals surface area contributed by atoms with Crippen LogP contribution in [0.25, 0.3) is 0 Å². The predicted octanol–water partition coefficient (Wildman–Crippen LogP) is 7.90. The van der Waals surface area contributed by atoms with Crippen LogP contribution in [0, 0.1) is 17.3 Å². The van der Waals surface area contributed by atoms with Gasteiger partial charge >= 0.3 is 5.97 Å². The molecule has 3 unspecified atom stereocenters. The number of carboxylic acids is 1. The topological polar surface area (TPSA) is 74.2 Å². The quantitative estimate of drug-likeness (QED) is 0.152. The second-order valence-electron chi connectivity index (χ2n) is 12.5. The van der Waals surface area contributed by atoms with E-state index in [0.717, 1.165) is 58.0 Å². The number of carboxylic acid groups (broad SMARTS) is 1. The fourth-order valence-corrected chi connectivity index (χ4v) is 7.22. The molecule has 40 heavy (non-hydrogen) atoms. The van der Waals surface area contributed by atoms with Gasteiger partial charge in [-0.3, -0.25) is 4.79 Å². The van der Waals surface area contributed by atoms with Crippen LogP contribution in [0.15, 0.2) is 24.3 Å². The molecule has 2 aliphatic carbocycles. The van der Waals surface area contributed by atoms with Crippen LogP contribution >= 0.6 is 0 Å². The number of hydrogen-bond acceptors (Lipinski definition) is 5. The third-order valence-corrected chi connectivity index (χ3v) is 9.59. The maximum Gasteiger partial charge on any atom is 0.303 e. The van der Waals surface area contributed by atoms with Crippen molar-refractivity contribution in [1.82, 2.24) is 0 Å². The lowest BCUT2D eigenvalue weighted by Crippen LogP contribution is -2.45. The highest BCUT2D eigenvalue weighted by atomic mass is 19.1. The van der Waals surface area contributed by atoms with Crippen molar-refractivity contribution in [2.45, 2.75) is 147 Å². The molecule has 7 heteroatoms. The average molecular weight is 565 g/mol. The minimum Gasteiger partial charge on any atom is -0.481 e. The molecule has 0 amide bonds. The first-order valence-electron chi connectivity index (χ1n) is 16.2. The summed E-state index contributed by atoms with van der Waals surface area (Å²) < 4.78 is 40.4. The fourth-order valence-electron chi connectivity index (χ4n) is 7.22. The van der Waals surface area contributed by atoms with E-state index < -0.39 is 12.1 Å². The molecule has 6 nitrogen and oxygen atoms in total. The second-order valence-corrected chi connectivity index (χ2v) is 12.5. The largest absolute Gasteiger partial charge is 0.481 e. The van der Waals surface area contributed by atoms with E-state index >= 15 is 4.39 Å². The standard InChI is InChI=1S/C33H53FO6/c1-2-19-33(20-12-21-33)29(40-32-18-8-10-23-38-32)15-11-14-26-25(13-5-3-4-6-16-30(35)36)27(34)24-28(26)39-31-17-7-9-22-37-31/h3,5,11,14,25-29,31-32H,2,4,6-10,12-13,15-24H2,1H3,(H,35,36)/b5-3-,14-11+/t25-,26-,27+,28-,29?,31?,32?/m1/s1. The Balaban J connectivity index is 1.43. The zero-order chi connectivity index (χ0) is 28.2. The Kier molecular flexibility index (Phi) is 13.0. The number of unbranched alkanes of at least 4 members (excludes halogenated alkanes) is 1. The molecule has 0 aromatic rings. The van der Waals surface area contributed by atoms with Gasteiger partial charge in [0.1, 0.15) is 6.17 Å². The summed E-state index contributed by atoms with van der Waals surface area (Å²) in [6, 6.07) is 0. The van der Waals surface area contributed by atoms with E-state index in [-0.39, 0.29) is 48.5 Å². The van der Waals surface area contributed by atoms with Gasteiger partial charge in [0, 0.05) is 37.9 Å². The molecule has 7 atom stereocenters. The molecule has 0 aromatic heterocycles. The predicted molar refractivity (Wildman–Crippen MR) is 154 cm³/mol. The molecule has 2 heterocycles. The highest BCUT2D eigenvalue weighted by Gasteiger charge is 2.46. The van der Waals surface area contributed by atoms with E-state index in [4.69, 9.17) is 24.1 Å². The zero-order valence-corrected chi connectivity index (χ0v) is 24.7. The first-order chi connectivity index (χ1) is 19.5. The summed E-state index contributed by atoms with van der Waals surface area (Å²) in [6.45, 7) is 3.75. The number of rotatable bonds is 16. The van der Waals surface area contributed by atoms with Gasteiger partial charge in [-0.25, -0.2) is 4.39 Å². The van der Waals surface area contributed by atoms with Crippen LogP contribution in [-0.4, -0.2) is 55.2 Å². The zero-order valence-electron chi connectivity index (χ0n) is 24.7. The maximum absolute atomic E-state index is 15.5. The van der Waals surface area contributed by atoms with Crippen LogP contribution in [0.4, 0.5) is 4.39 Å². The summed E-state index contributed by atoms with van der Waals surface area (Å²) in [5, 5.41) is 8.87. The number of alkyl halides is 1. The Morgan fingerprint density at radius 2 is 1.80 bits per heavy atom. The van der Waals surface area contributed by atoms with Crippen molar-refractivity contribution in [3.8, 4) is 0 Å². The molecule has 2 aliphatic heterocycles. The summed E-state index contributed by atoms with van der Waals surface area (Å²) in [5.41, 5.74) is 0.224. The summed E-state index contributed by atoms with van der Waals surface area (Å²) in [7, 11) is 0. The SMILES string of the molecule is CCCC1(C(C/C=C/[C@@H]2[C@@H](C/C=C\CCCC(=O)O)[C@@H](F)C[C@H]2OC2CCCCO2)OC2CCCCO2)CCC1. The first kappa shape index (κ1) is 31.7. The van der Waals surface area contributed by atoms with Crippen molar-refractivity contribution in [1.29, 1.82) is 0 Å². The van der Waals surface area contributed by atoms with Gasteiger partial charge in [-0.05, 0) is 88.9 Å². The highest BCUT2D eigenvalue weighted by Crippen LogP contribution is 2.50. The summed E-state index contributed by atoms with van der Waals surface area (Å²) >= 11 is 0. The number of hydrogen-bond donors (Lipinski definition) is 1. The van der Waals surface area contributed by atoms with Gasteiger partial charge in [0.05, 0.1) is 12.2 Å². The molecule has 2 saturated heterocycles. The Bertz CT molecular complexity index is 799. The molecule has 0 aromatic carbocycles. The van der Waals surface area contributed by atoms with Crippen molar-refractivity contribution in [3.05, 3.63) is 24.3 Å². The normalized spacial score (nSPS) is 33.4. The van der Waals surface area contributed by atoms with Crippen molar-refractivity contribution in [2.75, 3.05) is 13.2 Å². The number of aliphatic carboxylic acids is 1. The van der Waals surface area contributed by atoms with Gasteiger partial charge in [0.2, 0.25) is 0 Å². The monoisotopic (exact) mass is 564 g/mol. The third-order valence-electron chi connectivity index (χ3n) is 9.59. The molecule has 228 valence electrons. The van der Waals surface area contributed by atoms with E-state index in [1.54, 1.807) is 0 Å². The lowest BCUT2D eigenvalue weighted by Gasteiger charge is -2.48. The molecule has 1 N–H and O–H groups in total. The highest BCUT2D eigenvalue weighted by molar-refractivity contribution is 5.66. The molecule has 2 saturated carbocycles. The van der Waals surface area contributed by atoms with Crippen molar-refractivity contribution in [3.63, 3.8) is 0 Å². The van der Waals surface area contributed by atoms with Gasteiger partial charge in [-0.2, -0.15) is 0 Å². The van der Waals surface area contributed by atoms with Crippen LogP contribution < -0.4 is 0 Å². The summed E-state index contributed by atoms with van der Waals surface area (Å²) in [6.07, 6.45) is 22.7. The van der Waals surface area contributed by atoms with Gasteiger partial charge in [0.25, 0.3) is 0 Å². The van der Waals surface area contributed by atoms with Crippen LogP contribution in [0.5, 0.6) is 0 Å². The number of halogens is 1. The Morgan fingerprint density at radius 3 is 2.42 bits per heavy atom. The van der Waals surface area contributed by atoms with Crippen molar-refractivity contribution >= 4 is 5.97 Å². The maximum atomic E-state index is 15.5. The fraction of sp³-hybridized carbons (Fsp3) is 0.848. The second kappa shape index (κ2) is 16.4. The minimum absolute atomic E-state index is 0.0284. The van der Waals surface area contributed by atoms with Crippen LogP contribution in [0.3, 0.4) is 0 Å². The summed E-state index contributed by atoms with van der Waals surface area (Å²) in [4.78, 5) is 10.8. The molecular weight excluding hydrogens is 511 g/mol. The van der Waals surface area contributed by atoms with Crippen LogP contribution in [0.2, 0.25) is 0 Å². The van der Waals surface area contributed by atoms with Crippen molar-refractivity contribution < 1.29 is 33.2 Å². The van der Waals surface area contributed by atoms with Gasteiger partial charge < -0.3 is 24.1 Å². The van der Waals surface area contributed by atoms with Gasteiger partial charge in [-0.1, -0.05) is 44.1 Å². The third kappa shape index (κ3) is 9.11. The molecule has 0 radical (unpaired) electrons. The van der Waals surface area contributed by atoms with E-state index in [2.05, 4.69) is 19.1 Å². The van der Waals surface area contributed by atoms with Gasteiger partial charge in [0.15, 0.2) is 12.6 Å². The van der Waals surface area contributed by atoms with Gasteiger partial charge in [-0.15, -0.1) is 0 Å². The Labute approximate surface area is 241 Å². The average Bonchev–Trinajstić information content (AvgIpc) is 3.22. The minimum atomic E-state index is -0.937. The van der Waals surface area contributed by atoms with E-state index in [1.807, 2.05) is 12.2 Å². The lowest BCUT2D eigenvalue weighted by molar-refractivity contribution is -0.223. The first-order valence-corrected chi connectivity index (χ1v) is 16.2.